The molecule has 0 aliphatic heterocycles. The molecular formula is C13H13BrO. The first-order valence-electron chi connectivity index (χ1n) is 4.76. The number of halogens is 1. The van der Waals surface area contributed by atoms with Gasteiger partial charge in [-0.2, -0.15) is 0 Å². The van der Waals surface area contributed by atoms with E-state index < -0.39 is 0 Å². The minimum atomic E-state index is 0.750. The molecule has 0 bridgehead atoms. The van der Waals surface area contributed by atoms with Crippen molar-refractivity contribution in [3.05, 3.63) is 48.0 Å². The van der Waals surface area contributed by atoms with Gasteiger partial charge in [0.25, 0.3) is 0 Å². The fourth-order valence-electron chi connectivity index (χ4n) is 1.41. The van der Waals surface area contributed by atoms with Gasteiger partial charge in [-0.15, -0.1) is 0 Å². The van der Waals surface area contributed by atoms with Gasteiger partial charge in [-0.1, -0.05) is 58.4 Å². The smallest absolute Gasteiger partial charge is 0.116 e. The highest BCUT2D eigenvalue weighted by Gasteiger charge is 1.96. The highest BCUT2D eigenvalue weighted by molar-refractivity contribution is 9.08. The van der Waals surface area contributed by atoms with Crippen molar-refractivity contribution < 1.29 is 4.79 Å². The number of hydrogen-bond donors (Lipinski definition) is 0. The molecule has 1 nitrogen and oxygen atoms in total. The van der Waals surface area contributed by atoms with E-state index >= 15 is 0 Å². The Hall–Kier alpha value is -1.15. The molecule has 2 aromatic rings. The molecule has 0 N–H and O–H groups in total. The molecule has 0 spiro atoms. The second kappa shape index (κ2) is 6.36. The molecular weight excluding hydrogens is 252 g/mol. The van der Waals surface area contributed by atoms with Crippen LogP contribution < -0.4 is 0 Å². The standard InChI is InChI=1S/C11H9Br.C2H4O/c12-8-10-6-3-5-9-4-1-2-7-11(9)10;1-2-3/h1-7H,8H2;2H,1H3. The summed E-state index contributed by atoms with van der Waals surface area (Å²) in [6.07, 6.45) is 0.750. The normalized spacial score (nSPS) is 9.20. The highest BCUT2D eigenvalue weighted by atomic mass is 79.9. The van der Waals surface area contributed by atoms with Crippen molar-refractivity contribution in [3.8, 4) is 0 Å². The summed E-state index contributed by atoms with van der Waals surface area (Å²) in [6, 6.07) is 14.8. The van der Waals surface area contributed by atoms with Crippen molar-refractivity contribution in [1.29, 1.82) is 0 Å². The molecule has 2 aromatic carbocycles. The predicted molar refractivity (Wildman–Crippen MR) is 68.3 cm³/mol. The van der Waals surface area contributed by atoms with Crippen molar-refractivity contribution in [3.63, 3.8) is 0 Å². The Morgan fingerprint density at radius 3 is 2.40 bits per heavy atom. The topological polar surface area (TPSA) is 17.1 Å². The van der Waals surface area contributed by atoms with Crippen molar-refractivity contribution >= 4 is 33.0 Å². The maximum Gasteiger partial charge on any atom is 0.116 e. The second-order valence-electron chi connectivity index (χ2n) is 3.01. The third-order valence-electron chi connectivity index (χ3n) is 2.02. The number of carbonyl (C=O) groups is 1. The van der Waals surface area contributed by atoms with Crippen LogP contribution in [0.25, 0.3) is 10.8 Å². The SMILES string of the molecule is BrCc1cccc2ccccc12.CC=O. The fraction of sp³-hybridized carbons (Fsp3) is 0.154. The first-order chi connectivity index (χ1) is 7.33. The van der Waals surface area contributed by atoms with E-state index in [0.29, 0.717) is 0 Å². The Morgan fingerprint density at radius 2 is 1.73 bits per heavy atom. The third-order valence-corrected chi connectivity index (χ3v) is 2.63. The molecule has 2 heteroatoms. The number of aldehydes is 1. The van der Waals surface area contributed by atoms with Crippen LogP contribution in [0.2, 0.25) is 0 Å². The lowest BCUT2D eigenvalue weighted by atomic mass is 10.1. The summed E-state index contributed by atoms with van der Waals surface area (Å²) >= 11 is 3.48. The minimum Gasteiger partial charge on any atom is -0.304 e. The maximum atomic E-state index is 8.81. The predicted octanol–water partition coefficient (Wildman–Crippen LogP) is 3.94. The van der Waals surface area contributed by atoms with Crippen molar-refractivity contribution in [2.24, 2.45) is 0 Å². The van der Waals surface area contributed by atoms with Crippen molar-refractivity contribution in [2.75, 3.05) is 0 Å². The van der Waals surface area contributed by atoms with Gasteiger partial charge in [-0.25, -0.2) is 0 Å². The Bertz CT molecular complexity index is 432. The molecule has 15 heavy (non-hydrogen) atoms. The van der Waals surface area contributed by atoms with Gasteiger partial charge >= 0.3 is 0 Å². The Kier molecular flexibility index (Phi) is 5.05. The van der Waals surface area contributed by atoms with Gasteiger partial charge < -0.3 is 4.79 Å². The maximum absolute atomic E-state index is 8.81. The number of alkyl halides is 1. The molecule has 0 radical (unpaired) electrons. The van der Waals surface area contributed by atoms with Gasteiger partial charge in [0.1, 0.15) is 6.29 Å². The van der Waals surface area contributed by atoms with Crippen LogP contribution >= 0.6 is 15.9 Å². The van der Waals surface area contributed by atoms with E-state index in [-0.39, 0.29) is 0 Å². The zero-order valence-electron chi connectivity index (χ0n) is 8.61. The van der Waals surface area contributed by atoms with Crippen LogP contribution in [0, 0.1) is 0 Å². The van der Waals surface area contributed by atoms with E-state index in [1.165, 1.54) is 23.3 Å². The van der Waals surface area contributed by atoms with E-state index in [1.807, 2.05) is 0 Å². The second-order valence-corrected chi connectivity index (χ2v) is 3.57. The molecule has 0 saturated carbocycles. The zero-order valence-corrected chi connectivity index (χ0v) is 10.2. The first kappa shape index (κ1) is 11.9. The average molecular weight is 265 g/mol. The minimum absolute atomic E-state index is 0.750. The van der Waals surface area contributed by atoms with Crippen molar-refractivity contribution in [1.82, 2.24) is 0 Å². The molecule has 0 amide bonds. The lowest BCUT2D eigenvalue weighted by molar-refractivity contribution is -0.106. The molecule has 0 fully saturated rings. The summed E-state index contributed by atoms with van der Waals surface area (Å²) < 4.78 is 0. The van der Waals surface area contributed by atoms with E-state index in [4.69, 9.17) is 4.79 Å². The molecule has 0 saturated heterocycles. The lowest BCUT2D eigenvalue weighted by Gasteiger charge is -2.01. The summed E-state index contributed by atoms with van der Waals surface area (Å²) in [4.78, 5) is 8.81. The zero-order chi connectivity index (χ0) is 11.1. The quantitative estimate of drug-likeness (QED) is 0.563. The number of benzene rings is 2. The van der Waals surface area contributed by atoms with Gasteiger partial charge in [-0.05, 0) is 23.3 Å². The molecule has 2 rings (SSSR count). The first-order valence-corrected chi connectivity index (χ1v) is 5.88. The lowest BCUT2D eigenvalue weighted by Crippen LogP contribution is -1.79. The Balaban J connectivity index is 0.000000337. The van der Waals surface area contributed by atoms with E-state index in [2.05, 4.69) is 58.4 Å². The summed E-state index contributed by atoms with van der Waals surface area (Å²) in [5.74, 6) is 0. The molecule has 0 aliphatic rings. The molecule has 78 valence electrons. The van der Waals surface area contributed by atoms with E-state index in [9.17, 15) is 0 Å². The van der Waals surface area contributed by atoms with Crippen LogP contribution in [0.4, 0.5) is 0 Å². The molecule has 0 atom stereocenters. The van der Waals surface area contributed by atoms with Crippen LogP contribution in [0.3, 0.4) is 0 Å². The van der Waals surface area contributed by atoms with Gasteiger partial charge in [0.15, 0.2) is 0 Å². The third kappa shape index (κ3) is 3.17. The summed E-state index contributed by atoms with van der Waals surface area (Å²) in [7, 11) is 0. The molecule has 0 heterocycles. The van der Waals surface area contributed by atoms with Gasteiger partial charge in [0.2, 0.25) is 0 Å². The molecule has 0 unspecified atom stereocenters. The number of hydrogen-bond acceptors (Lipinski definition) is 1. The van der Waals surface area contributed by atoms with Crippen LogP contribution in [0.1, 0.15) is 12.5 Å². The van der Waals surface area contributed by atoms with Crippen LogP contribution in [0.15, 0.2) is 42.5 Å². The van der Waals surface area contributed by atoms with Crippen molar-refractivity contribution in [2.45, 2.75) is 12.3 Å². The van der Waals surface area contributed by atoms with Crippen LogP contribution in [-0.2, 0) is 10.1 Å². The molecule has 0 aliphatic carbocycles. The van der Waals surface area contributed by atoms with Gasteiger partial charge in [-0.3, -0.25) is 0 Å². The van der Waals surface area contributed by atoms with E-state index in [1.54, 1.807) is 0 Å². The van der Waals surface area contributed by atoms with Crippen LogP contribution in [-0.4, -0.2) is 6.29 Å². The molecule has 0 aromatic heterocycles. The van der Waals surface area contributed by atoms with Gasteiger partial charge in [0.05, 0.1) is 0 Å². The average Bonchev–Trinajstić information content (AvgIpc) is 2.29. The van der Waals surface area contributed by atoms with E-state index in [0.717, 1.165) is 11.6 Å². The van der Waals surface area contributed by atoms with Crippen LogP contribution in [0.5, 0.6) is 0 Å². The summed E-state index contributed by atoms with van der Waals surface area (Å²) in [6.45, 7) is 1.44. The largest absolute Gasteiger partial charge is 0.304 e. The highest BCUT2D eigenvalue weighted by Crippen LogP contribution is 2.19. The summed E-state index contributed by atoms with van der Waals surface area (Å²) in [5, 5.41) is 3.58. The Morgan fingerprint density at radius 1 is 1.13 bits per heavy atom. The van der Waals surface area contributed by atoms with Gasteiger partial charge in [0, 0.05) is 5.33 Å². The Labute approximate surface area is 98.2 Å². The monoisotopic (exact) mass is 264 g/mol. The number of fused-ring (bicyclic) bond motifs is 1. The number of rotatable bonds is 1. The summed E-state index contributed by atoms with van der Waals surface area (Å²) in [5.41, 5.74) is 1.35. The fourth-order valence-corrected chi connectivity index (χ4v) is 1.90. The number of carbonyl (C=O) groups excluding carboxylic acids is 1.